The third-order valence-electron chi connectivity index (χ3n) is 4.54. The van der Waals surface area contributed by atoms with Crippen molar-refractivity contribution in [3.05, 3.63) is 65.7 Å². The Balaban J connectivity index is 1.51. The molecule has 2 aromatic rings. The van der Waals surface area contributed by atoms with Crippen LogP contribution in [0.4, 0.5) is 5.69 Å². The number of ether oxygens (including phenoxy) is 1. The molecular formula is C20H26N2O. The number of likely N-dealkylation sites (tertiary alicyclic amines) is 1. The zero-order valence-electron chi connectivity index (χ0n) is 13.9. The molecule has 0 unspecified atom stereocenters. The summed E-state index contributed by atoms with van der Waals surface area (Å²) in [6.07, 6.45) is 2.39. The molecule has 3 rings (SSSR count). The molecule has 0 aromatic heterocycles. The maximum absolute atomic E-state index is 5.31. The Morgan fingerprint density at radius 2 is 1.61 bits per heavy atom. The second-order valence-electron chi connectivity index (χ2n) is 6.26. The summed E-state index contributed by atoms with van der Waals surface area (Å²) in [6, 6.07) is 19.7. The minimum Gasteiger partial charge on any atom is -0.382 e. The van der Waals surface area contributed by atoms with Crippen LogP contribution in [0.15, 0.2) is 54.6 Å². The van der Waals surface area contributed by atoms with Crippen molar-refractivity contribution in [1.82, 2.24) is 4.90 Å². The molecule has 23 heavy (non-hydrogen) atoms. The van der Waals surface area contributed by atoms with Gasteiger partial charge in [-0.2, -0.15) is 0 Å². The molecule has 1 aliphatic heterocycles. The van der Waals surface area contributed by atoms with E-state index in [0.717, 1.165) is 19.6 Å². The van der Waals surface area contributed by atoms with Crippen molar-refractivity contribution in [2.75, 3.05) is 25.5 Å². The van der Waals surface area contributed by atoms with Gasteiger partial charge >= 0.3 is 0 Å². The van der Waals surface area contributed by atoms with Crippen LogP contribution in [0.3, 0.4) is 0 Å². The molecule has 1 N–H and O–H groups in total. The highest BCUT2D eigenvalue weighted by Crippen LogP contribution is 2.19. The van der Waals surface area contributed by atoms with Crippen LogP contribution >= 0.6 is 0 Å². The summed E-state index contributed by atoms with van der Waals surface area (Å²) >= 11 is 0. The third kappa shape index (κ3) is 4.57. The lowest BCUT2D eigenvalue weighted by atomic mass is 10.0. The lowest BCUT2D eigenvalue weighted by molar-refractivity contribution is 0.179. The Labute approximate surface area is 139 Å². The topological polar surface area (TPSA) is 24.5 Å². The summed E-state index contributed by atoms with van der Waals surface area (Å²) < 4.78 is 5.31. The molecule has 1 saturated heterocycles. The van der Waals surface area contributed by atoms with Crippen molar-refractivity contribution in [3.8, 4) is 0 Å². The molecule has 3 nitrogen and oxygen atoms in total. The standard InChI is InChI=1S/C20H26N2O/c1-23-16-18-8-6-5-7-17(18)15-22-13-11-20(12-14-22)21-19-9-3-2-4-10-19/h2-10,20-21H,11-16H2,1H3. The highest BCUT2D eigenvalue weighted by molar-refractivity contribution is 5.43. The zero-order valence-corrected chi connectivity index (χ0v) is 13.9. The fraction of sp³-hybridized carbons (Fsp3) is 0.400. The average molecular weight is 310 g/mol. The summed E-state index contributed by atoms with van der Waals surface area (Å²) in [7, 11) is 1.76. The van der Waals surface area contributed by atoms with Crippen LogP contribution in [0.5, 0.6) is 0 Å². The number of methoxy groups -OCH3 is 1. The van der Waals surface area contributed by atoms with Gasteiger partial charge in [-0.25, -0.2) is 0 Å². The van der Waals surface area contributed by atoms with Crippen molar-refractivity contribution in [2.24, 2.45) is 0 Å². The van der Waals surface area contributed by atoms with Crippen LogP contribution in [0.25, 0.3) is 0 Å². The van der Waals surface area contributed by atoms with Crippen LogP contribution in [-0.4, -0.2) is 31.1 Å². The van der Waals surface area contributed by atoms with Gasteiger partial charge in [0.05, 0.1) is 6.61 Å². The van der Waals surface area contributed by atoms with E-state index in [0.29, 0.717) is 12.6 Å². The molecule has 0 atom stereocenters. The Morgan fingerprint density at radius 3 is 2.30 bits per heavy atom. The monoisotopic (exact) mass is 310 g/mol. The van der Waals surface area contributed by atoms with Crippen molar-refractivity contribution < 1.29 is 4.74 Å². The van der Waals surface area contributed by atoms with Gasteiger partial charge in [-0.1, -0.05) is 42.5 Å². The first-order valence-electron chi connectivity index (χ1n) is 8.45. The molecule has 1 fully saturated rings. The van der Waals surface area contributed by atoms with E-state index in [9.17, 15) is 0 Å². The minimum absolute atomic E-state index is 0.586. The largest absolute Gasteiger partial charge is 0.382 e. The number of benzene rings is 2. The molecule has 0 bridgehead atoms. The summed E-state index contributed by atoms with van der Waals surface area (Å²) in [5, 5.41) is 3.65. The van der Waals surface area contributed by atoms with E-state index >= 15 is 0 Å². The lowest BCUT2D eigenvalue weighted by Gasteiger charge is -2.33. The maximum Gasteiger partial charge on any atom is 0.0716 e. The second-order valence-corrected chi connectivity index (χ2v) is 6.26. The first kappa shape index (κ1) is 16.0. The highest BCUT2D eigenvalue weighted by Gasteiger charge is 2.19. The number of rotatable bonds is 6. The van der Waals surface area contributed by atoms with Crippen LogP contribution in [0.2, 0.25) is 0 Å². The van der Waals surface area contributed by atoms with E-state index in [4.69, 9.17) is 4.74 Å². The molecule has 0 spiro atoms. The van der Waals surface area contributed by atoms with Crippen LogP contribution in [-0.2, 0) is 17.9 Å². The fourth-order valence-corrected chi connectivity index (χ4v) is 3.25. The third-order valence-corrected chi connectivity index (χ3v) is 4.54. The summed E-state index contributed by atoms with van der Waals surface area (Å²) in [5.74, 6) is 0. The normalized spacial score (nSPS) is 16.4. The van der Waals surface area contributed by atoms with E-state index in [1.165, 1.54) is 29.7 Å². The van der Waals surface area contributed by atoms with Crippen LogP contribution < -0.4 is 5.32 Å². The van der Waals surface area contributed by atoms with Gasteiger partial charge in [0, 0.05) is 38.5 Å². The molecule has 0 aliphatic carbocycles. The van der Waals surface area contributed by atoms with E-state index in [2.05, 4.69) is 64.8 Å². The quantitative estimate of drug-likeness (QED) is 0.875. The molecular weight excluding hydrogens is 284 g/mol. The number of para-hydroxylation sites is 1. The summed E-state index contributed by atoms with van der Waals surface area (Å²) in [5.41, 5.74) is 3.93. The smallest absolute Gasteiger partial charge is 0.0716 e. The van der Waals surface area contributed by atoms with Gasteiger partial charge < -0.3 is 10.1 Å². The van der Waals surface area contributed by atoms with Crippen molar-refractivity contribution in [2.45, 2.75) is 32.0 Å². The molecule has 0 saturated carbocycles. The first-order chi connectivity index (χ1) is 11.3. The molecule has 0 radical (unpaired) electrons. The fourth-order valence-electron chi connectivity index (χ4n) is 3.25. The van der Waals surface area contributed by atoms with Crippen molar-refractivity contribution in [1.29, 1.82) is 0 Å². The number of piperidine rings is 1. The zero-order chi connectivity index (χ0) is 15.9. The van der Waals surface area contributed by atoms with Crippen molar-refractivity contribution in [3.63, 3.8) is 0 Å². The first-order valence-corrected chi connectivity index (χ1v) is 8.45. The Bertz CT molecular complexity index is 592. The van der Waals surface area contributed by atoms with Gasteiger partial charge in [0.25, 0.3) is 0 Å². The van der Waals surface area contributed by atoms with Crippen LogP contribution in [0.1, 0.15) is 24.0 Å². The second kappa shape index (κ2) is 8.14. The molecule has 3 heteroatoms. The average Bonchev–Trinajstić information content (AvgIpc) is 2.60. The number of nitrogens with one attached hydrogen (secondary N) is 1. The molecule has 2 aromatic carbocycles. The van der Waals surface area contributed by atoms with E-state index in [-0.39, 0.29) is 0 Å². The van der Waals surface area contributed by atoms with Gasteiger partial charge in [-0.15, -0.1) is 0 Å². The lowest BCUT2D eigenvalue weighted by Crippen LogP contribution is -2.38. The highest BCUT2D eigenvalue weighted by atomic mass is 16.5. The van der Waals surface area contributed by atoms with E-state index in [1.807, 2.05) is 0 Å². The molecule has 122 valence electrons. The Hall–Kier alpha value is -1.84. The molecule has 1 heterocycles. The number of hydrogen-bond acceptors (Lipinski definition) is 3. The Kier molecular flexibility index (Phi) is 5.67. The van der Waals surface area contributed by atoms with Gasteiger partial charge in [-0.05, 0) is 36.1 Å². The predicted octanol–water partition coefficient (Wildman–Crippen LogP) is 3.91. The van der Waals surface area contributed by atoms with Gasteiger partial charge in [0.15, 0.2) is 0 Å². The summed E-state index contributed by atoms with van der Waals surface area (Å²) in [6.45, 7) is 4.01. The number of anilines is 1. The number of nitrogens with zero attached hydrogens (tertiary/aromatic N) is 1. The van der Waals surface area contributed by atoms with Crippen LogP contribution in [0, 0.1) is 0 Å². The molecule has 0 amide bonds. The van der Waals surface area contributed by atoms with Crippen molar-refractivity contribution >= 4 is 5.69 Å². The summed E-state index contributed by atoms with van der Waals surface area (Å²) in [4.78, 5) is 2.55. The van der Waals surface area contributed by atoms with E-state index in [1.54, 1.807) is 7.11 Å². The SMILES string of the molecule is COCc1ccccc1CN1CCC(Nc2ccccc2)CC1. The van der Waals surface area contributed by atoms with Gasteiger partial charge in [0.2, 0.25) is 0 Å². The predicted molar refractivity (Wildman–Crippen MR) is 95.5 cm³/mol. The minimum atomic E-state index is 0.586. The van der Waals surface area contributed by atoms with Gasteiger partial charge in [-0.3, -0.25) is 4.90 Å². The number of hydrogen-bond donors (Lipinski definition) is 1. The molecule has 1 aliphatic rings. The van der Waals surface area contributed by atoms with E-state index < -0.39 is 0 Å². The maximum atomic E-state index is 5.31. The van der Waals surface area contributed by atoms with Gasteiger partial charge in [0.1, 0.15) is 0 Å². The Morgan fingerprint density at radius 1 is 0.957 bits per heavy atom.